The molecular formula is C14H18N4O5. The molecule has 1 aromatic rings. The molecule has 0 spiro atoms. The molecule has 0 aliphatic carbocycles. The van der Waals surface area contributed by atoms with Gasteiger partial charge in [-0.05, 0) is 25.0 Å². The van der Waals surface area contributed by atoms with Crippen LogP contribution in [0.5, 0.6) is 5.75 Å². The molecule has 1 unspecified atom stereocenters. The molecule has 124 valence electrons. The number of ether oxygens (including phenoxy) is 1. The molecule has 0 saturated carbocycles. The number of benzene rings is 1. The molecule has 1 heterocycles. The number of carbonyl (C=O) groups is 1. The van der Waals surface area contributed by atoms with Crippen LogP contribution in [0.1, 0.15) is 20.8 Å². The minimum absolute atomic E-state index is 0.164. The van der Waals surface area contributed by atoms with Crippen LogP contribution in [0, 0.1) is 16.0 Å². The van der Waals surface area contributed by atoms with Gasteiger partial charge in [0.15, 0.2) is 11.3 Å². The predicted octanol–water partition coefficient (Wildman–Crippen LogP) is 1.78. The Hall–Kier alpha value is -2.68. The molecule has 0 radical (unpaired) electrons. The summed E-state index contributed by atoms with van der Waals surface area (Å²) in [6.45, 7) is 5.68. The zero-order valence-electron chi connectivity index (χ0n) is 13.0. The molecule has 0 fully saturated rings. The fraction of sp³-hybridized carbons (Fsp3) is 0.429. The van der Waals surface area contributed by atoms with Gasteiger partial charge in [-0.2, -0.15) is 15.6 Å². The van der Waals surface area contributed by atoms with E-state index in [1.54, 1.807) is 6.07 Å². The molecule has 0 aromatic heterocycles. The monoisotopic (exact) mass is 322 g/mol. The molecule has 9 heteroatoms. The molecule has 2 rings (SSSR count). The number of aliphatic carboxylic acids is 1. The molecule has 0 bridgehead atoms. The van der Waals surface area contributed by atoms with Gasteiger partial charge < -0.3 is 9.84 Å². The second kappa shape index (κ2) is 6.21. The van der Waals surface area contributed by atoms with Crippen molar-refractivity contribution in [3.8, 4) is 5.75 Å². The highest BCUT2D eigenvalue weighted by Gasteiger charge is 2.38. The van der Waals surface area contributed by atoms with E-state index in [2.05, 4.69) is 10.5 Å². The van der Waals surface area contributed by atoms with E-state index >= 15 is 0 Å². The zero-order valence-corrected chi connectivity index (χ0v) is 13.0. The molecule has 0 amide bonds. The average molecular weight is 322 g/mol. The van der Waals surface area contributed by atoms with Crippen molar-refractivity contribution in [3.05, 3.63) is 28.3 Å². The minimum atomic E-state index is -1.36. The average Bonchev–Trinajstić information content (AvgIpc) is 2.89. The predicted molar refractivity (Wildman–Crippen MR) is 83.6 cm³/mol. The third kappa shape index (κ3) is 3.57. The first-order valence-corrected chi connectivity index (χ1v) is 7.00. The van der Waals surface area contributed by atoms with Crippen molar-refractivity contribution in [1.29, 1.82) is 0 Å². The van der Waals surface area contributed by atoms with Gasteiger partial charge in [0.1, 0.15) is 0 Å². The van der Waals surface area contributed by atoms with E-state index in [-0.39, 0.29) is 17.4 Å². The van der Waals surface area contributed by atoms with Crippen LogP contribution < -0.4 is 15.3 Å². The van der Waals surface area contributed by atoms with Crippen LogP contribution in [0.3, 0.4) is 0 Å². The number of hydrogen-bond donors (Lipinski definition) is 2. The van der Waals surface area contributed by atoms with Crippen molar-refractivity contribution in [2.45, 2.75) is 26.3 Å². The molecule has 0 saturated heterocycles. The number of nitrogens with one attached hydrogen (secondary N) is 1. The third-order valence-corrected chi connectivity index (χ3v) is 3.17. The first-order valence-electron chi connectivity index (χ1n) is 7.00. The second-order valence-corrected chi connectivity index (χ2v) is 5.79. The Labute approximate surface area is 132 Å². The SMILES string of the molecule is CC(C)COc1ccc(N2N=CC(C)(C(=O)O)N2)cc1[N+](=O)[O-]. The summed E-state index contributed by atoms with van der Waals surface area (Å²) in [5.74, 6) is -0.706. The fourth-order valence-electron chi connectivity index (χ4n) is 1.84. The van der Waals surface area contributed by atoms with Crippen LogP contribution in [0.25, 0.3) is 0 Å². The van der Waals surface area contributed by atoms with Gasteiger partial charge in [-0.25, -0.2) is 4.79 Å². The quantitative estimate of drug-likeness (QED) is 0.605. The Morgan fingerprint density at radius 1 is 1.57 bits per heavy atom. The molecule has 1 aliphatic heterocycles. The van der Waals surface area contributed by atoms with Crippen molar-refractivity contribution in [2.24, 2.45) is 11.0 Å². The highest BCUT2D eigenvalue weighted by atomic mass is 16.6. The van der Waals surface area contributed by atoms with E-state index in [0.717, 1.165) is 0 Å². The lowest BCUT2D eigenvalue weighted by molar-refractivity contribution is -0.385. The normalized spacial score (nSPS) is 20.1. The Morgan fingerprint density at radius 3 is 2.78 bits per heavy atom. The Bertz CT molecular complexity index is 661. The van der Waals surface area contributed by atoms with Gasteiger partial charge in [-0.15, -0.1) is 0 Å². The number of carboxylic acids is 1. The summed E-state index contributed by atoms with van der Waals surface area (Å²) in [6.07, 6.45) is 1.23. The smallest absolute Gasteiger partial charge is 0.331 e. The standard InChI is InChI=1S/C14H18N4O5/c1-9(2)7-23-12-5-4-10(6-11(12)18(21)22)17-15-8-14(3,16-17)13(19)20/h4-6,8-9,16H,7H2,1-3H3,(H,19,20). The number of hydrogen-bond acceptors (Lipinski definition) is 7. The number of nitrogens with zero attached hydrogens (tertiary/aromatic N) is 3. The van der Waals surface area contributed by atoms with Gasteiger partial charge in [0.2, 0.25) is 0 Å². The van der Waals surface area contributed by atoms with Crippen molar-refractivity contribution >= 4 is 23.6 Å². The lowest BCUT2D eigenvalue weighted by Gasteiger charge is -2.21. The Kier molecular flexibility index (Phi) is 4.50. The topological polar surface area (TPSA) is 117 Å². The summed E-state index contributed by atoms with van der Waals surface area (Å²) in [4.78, 5) is 21.8. The zero-order chi connectivity index (χ0) is 17.2. The summed E-state index contributed by atoms with van der Waals surface area (Å²) in [5, 5.41) is 25.5. The van der Waals surface area contributed by atoms with Crippen LogP contribution in [-0.2, 0) is 4.79 Å². The number of rotatable bonds is 6. The molecule has 2 N–H and O–H groups in total. The van der Waals surface area contributed by atoms with Gasteiger partial charge in [0.05, 0.1) is 23.4 Å². The number of nitro benzene ring substituents is 1. The first-order chi connectivity index (χ1) is 10.7. The fourth-order valence-corrected chi connectivity index (χ4v) is 1.84. The van der Waals surface area contributed by atoms with Crippen LogP contribution in [-0.4, -0.2) is 34.4 Å². The molecule has 1 aromatic carbocycles. The summed E-state index contributed by atoms with van der Waals surface area (Å²) < 4.78 is 5.44. The molecular weight excluding hydrogens is 304 g/mol. The van der Waals surface area contributed by atoms with Gasteiger partial charge in [-0.1, -0.05) is 13.8 Å². The molecule has 1 aliphatic rings. The third-order valence-electron chi connectivity index (χ3n) is 3.17. The van der Waals surface area contributed by atoms with E-state index in [9.17, 15) is 14.9 Å². The highest BCUT2D eigenvalue weighted by molar-refractivity contribution is 6.00. The van der Waals surface area contributed by atoms with Gasteiger partial charge >= 0.3 is 11.7 Å². The largest absolute Gasteiger partial charge is 0.487 e. The summed E-state index contributed by atoms with van der Waals surface area (Å²) in [6, 6.07) is 4.33. The Balaban J connectivity index is 2.25. The van der Waals surface area contributed by atoms with E-state index in [1.807, 2.05) is 13.8 Å². The number of anilines is 1. The second-order valence-electron chi connectivity index (χ2n) is 5.79. The lowest BCUT2D eigenvalue weighted by Crippen LogP contribution is -2.51. The number of hydrazine groups is 1. The maximum atomic E-state index is 11.2. The molecule has 9 nitrogen and oxygen atoms in total. The maximum Gasteiger partial charge on any atom is 0.331 e. The first kappa shape index (κ1) is 16.7. The number of hydrazone groups is 1. The van der Waals surface area contributed by atoms with E-state index in [0.29, 0.717) is 12.3 Å². The summed E-state index contributed by atoms with van der Waals surface area (Å²) in [5.41, 5.74) is 1.45. The maximum absolute atomic E-state index is 11.2. The van der Waals surface area contributed by atoms with Crippen molar-refractivity contribution < 1.29 is 19.6 Å². The van der Waals surface area contributed by atoms with E-state index in [1.165, 1.54) is 30.4 Å². The van der Waals surface area contributed by atoms with Crippen molar-refractivity contribution in [2.75, 3.05) is 11.7 Å². The molecule has 1 atom stereocenters. The Morgan fingerprint density at radius 2 is 2.26 bits per heavy atom. The van der Waals surface area contributed by atoms with Gasteiger partial charge in [0.25, 0.3) is 0 Å². The van der Waals surface area contributed by atoms with Crippen LogP contribution in [0.2, 0.25) is 0 Å². The van der Waals surface area contributed by atoms with Crippen LogP contribution >= 0.6 is 0 Å². The van der Waals surface area contributed by atoms with Crippen molar-refractivity contribution in [3.63, 3.8) is 0 Å². The minimum Gasteiger partial charge on any atom is -0.487 e. The van der Waals surface area contributed by atoms with Gasteiger partial charge in [0, 0.05) is 6.07 Å². The summed E-state index contributed by atoms with van der Waals surface area (Å²) >= 11 is 0. The number of carboxylic acid groups (broad SMARTS) is 1. The van der Waals surface area contributed by atoms with Crippen molar-refractivity contribution in [1.82, 2.24) is 5.43 Å². The van der Waals surface area contributed by atoms with E-state index in [4.69, 9.17) is 9.84 Å². The lowest BCUT2D eigenvalue weighted by atomic mass is 10.1. The number of nitro groups is 1. The van der Waals surface area contributed by atoms with Crippen LogP contribution in [0.15, 0.2) is 23.3 Å². The highest BCUT2D eigenvalue weighted by Crippen LogP contribution is 2.32. The molecule has 23 heavy (non-hydrogen) atoms. The van der Waals surface area contributed by atoms with Crippen LogP contribution in [0.4, 0.5) is 11.4 Å². The summed E-state index contributed by atoms with van der Waals surface area (Å²) in [7, 11) is 0. The van der Waals surface area contributed by atoms with Gasteiger partial charge in [-0.3, -0.25) is 10.1 Å². The van der Waals surface area contributed by atoms with E-state index < -0.39 is 16.4 Å².